The number of nitrogens with one attached hydrogen (secondary N) is 2. The van der Waals surface area contributed by atoms with Gasteiger partial charge in [-0.2, -0.15) is 0 Å². The second-order valence-electron chi connectivity index (χ2n) is 6.86. The molecule has 1 unspecified atom stereocenters. The molecule has 29 heavy (non-hydrogen) atoms. The molecule has 0 saturated heterocycles. The Morgan fingerprint density at radius 1 is 1.31 bits per heavy atom. The Kier molecular flexibility index (Phi) is 6.78. The van der Waals surface area contributed by atoms with Crippen LogP contribution < -0.4 is 26.8 Å². The van der Waals surface area contributed by atoms with Crippen LogP contribution in [0, 0.1) is 5.82 Å². The maximum atomic E-state index is 14.5. The van der Waals surface area contributed by atoms with Gasteiger partial charge in [0.25, 0.3) is 5.91 Å². The minimum absolute atomic E-state index is 0.00992. The fraction of sp³-hybridized carbons (Fsp3) is 0.421. The van der Waals surface area contributed by atoms with Crippen LogP contribution in [0.2, 0.25) is 0 Å². The predicted octanol–water partition coefficient (Wildman–Crippen LogP) is 1.51. The summed E-state index contributed by atoms with van der Waals surface area (Å²) in [4.78, 5) is 20.1. The zero-order valence-electron chi connectivity index (χ0n) is 15.9. The topological polar surface area (TPSA) is 148 Å². The van der Waals surface area contributed by atoms with Gasteiger partial charge in [0.05, 0.1) is 24.1 Å². The van der Waals surface area contributed by atoms with Crippen LogP contribution in [-0.4, -0.2) is 46.3 Å². The molecule has 2 aromatic heterocycles. The number of amides is 1. The van der Waals surface area contributed by atoms with Crippen LogP contribution >= 0.6 is 0 Å². The molecule has 1 aliphatic rings. The van der Waals surface area contributed by atoms with Gasteiger partial charge in [0.2, 0.25) is 5.88 Å². The Hall–Kier alpha value is -2.98. The van der Waals surface area contributed by atoms with E-state index in [1.54, 1.807) is 12.1 Å². The molecular formula is C19H25FN6O3. The molecule has 1 aliphatic carbocycles. The van der Waals surface area contributed by atoms with Gasteiger partial charge in [-0.1, -0.05) is 12.8 Å². The molecule has 2 atom stereocenters. The first kappa shape index (κ1) is 20.7. The van der Waals surface area contributed by atoms with E-state index < -0.39 is 11.7 Å². The van der Waals surface area contributed by atoms with Gasteiger partial charge in [-0.15, -0.1) is 0 Å². The van der Waals surface area contributed by atoms with Crippen LogP contribution in [0.4, 0.5) is 21.7 Å². The second kappa shape index (κ2) is 9.48. The monoisotopic (exact) mass is 404 g/mol. The first-order chi connectivity index (χ1) is 14.0. The van der Waals surface area contributed by atoms with Gasteiger partial charge in [-0.05, 0) is 25.0 Å². The highest BCUT2D eigenvalue weighted by molar-refractivity contribution is 5.98. The Labute approximate surface area is 167 Å². The number of carbonyl (C=O) groups excluding carboxylic acids is 1. The summed E-state index contributed by atoms with van der Waals surface area (Å²) >= 11 is 0. The first-order valence-electron chi connectivity index (χ1n) is 9.47. The average Bonchev–Trinajstić information content (AvgIpc) is 2.71. The van der Waals surface area contributed by atoms with Gasteiger partial charge >= 0.3 is 0 Å². The summed E-state index contributed by atoms with van der Waals surface area (Å²) in [7, 11) is 0. The van der Waals surface area contributed by atoms with Crippen molar-refractivity contribution in [3.8, 4) is 5.88 Å². The minimum atomic E-state index is -0.810. The molecular weight excluding hydrogens is 379 g/mol. The van der Waals surface area contributed by atoms with Crippen LogP contribution in [0.25, 0.3) is 0 Å². The molecule has 2 aromatic rings. The lowest BCUT2D eigenvalue weighted by Crippen LogP contribution is -2.43. The highest BCUT2D eigenvalue weighted by Crippen LogP contribution is 2.27. The smallest absolute Gasteiger partial charge is 0.252 e. The largest absolute Gasteiger partial charge is 0.475 e. The molecule has 0 bridgehead atoms. The number of ether oxygens (including phenoxy) is 1. The summed E-state index contributed by atoms with van der Waals surface area (Å²) in [6.07, 6.45) is 5.20. The Morgan fingerprint density at radius 2 is 2.10 bits per heavy atom. The minimum Gasteiger partial charge on any atom is -0.475 e. The number of hydrogen-bond donors (Lipinski definition) is 5. The highest BCUT2D eigenvalue weighted by Gasteiger charge is 2.24. The molecule has 2 heterocycles. The maximum Gasteiger partial charge on any atom is 0.252 e. The normalized spacial score (nSPS) is 18.9. The molecule has 0 radical (unpaired) electrons. The molecule has 10 heteroatoms. The maximum absolute atomic E-state index is 14.5. The number of aromatic nitrogens is 2. The third-order valence-electron chi connectivity index (χ3n) is 4.72. The number of hydrogen-bond acceptors (Lipinski definition) is 8. The lowest BCUT2D eigenvalue weighted by Gasteiger charge is -2.30. The zero-order chi connectivity index (χ0) is 20.8. The van der Waals surface area contributed by atoms with E-state index >= 15 is 0 Å². The van der Waals surface area contributed by atoms with Crippen LogP contribution in [0.5, 0.6) is 5.88 Å². The number of primary amides is 1. The number of rotatable bonds is 8. The summed E-state index contributed by atoms with van der Waals surface area (Å²) in [5.74, 6) is -1.03. The molecule has 156 valence electrons. The van der Waals surface area contributed by atoms with Crippen molar-refractivity contribution in [1.82, 2.24) is 9.97 Å². The van der Waals surface area contributed by atoms with Crippen molar-refractivity contribution in [2.45, 2.75) is 37.8 Å². The Morgan fingerprint density at radius 3 is 2.76 bits per heavy atom. The fourth-order valence-corrected chi connectivity index (χ4v) is 3.21. The molecule has 3 rings (SSSR count). The van der Waals surface area contributed by atoms with Crippen molar-refractivity contribution >= 4 is 23.2 Å². The number of halogens is 1. The summed E-state index contributed by atoms with van der Waals surface area (Å²) in [5, 5.41) is 14.8. The molecule has 0 aromatic carbocycles. The van der Waals surface area contributed by atoms with Crippen molar-refractivity contribution in [2.75, 3.05) is 23.8 Å². The third-order valence-corrected chi connectivity index (χ3v) is 4.72. The van der Waals surface area contributed by atoms with E-state index in [-0.39, 0.29) is 42.5 Å². The predicted molar refractivity (Wildman–Crippen MR) is 107 cm³/mol. The SMILES string of the molecule is NC(=O)c1cc(F)c(NC2CCCC[C@@H]2N)nc1Nc1ccc(OCCO)nc1. The van der Waals surface area contributed by atoms with Gasteiger partial charge in [0.15, 0.2) is 11.6 Å². The van der Waals surface area contributed by atoms with Crippen molar-refractivity contribution in [3.05, 3.63) is 35.8 Å². The lowest BCUT2D eigenvalue weighted by atomic mass is 9.91. The van der Waals surface area contributed by atoms with Gasteiger partial charge in [0.1, 0.15) is 12.4 Å². The summed E-state index contributed by atoms with van der Waals surface area (Å²) < 4.78 is 19.7. The summed E-state index contributed by atoms with van der Waals surface area (Å²) in [6, 6.07) is 4.11. The standard InChI is InChI=1S/C19H25FN6O3/c20-13-9-12(17(22)28)18(24-11-5-6-16(23-10-11)29-8-7-27)26-19(13)25-15-4-2-1-3-14(15)21/h5-6,9-10,14-15,27H,1-4,7-8,21H2,(H2,22,28)(H2,24,25,26)/t14-,15?/m0/s1. The van der Waals surface area contributed by atoms with Crippen LogP contribution in [-0.2, 0) is 0 Å². The van der Waals surface area contributed by atoms with E-state index in [2.05, 4.69) is 20.6 Å². The van der Waals surface area contributed by atoms with Crippen LogP contribution in [0.15, 0.2) is 24.4 Å². The lowest BCUT2D eigenvalue weighted by molar-refractivity contribution is 0.100. The van der Waals surface area contributed by atoms with Crippen molar-refractivity contribution in [3.63, 3.8) is 0 Å². The van der Waals surface area contributed by atoms with Gasteiger partial charge in [0, 0.05) is 18.2 Å². The number of carbonyl (C=O) groups is 1. The number of nitrogens with two attached hydrogens (primary N) is 2. The average molecular weight is 404 g/mol. The molecule has 0 spiro atoms. The number of anilines is 3. The molecule has 1 saturated carbocycles. The van der Waals surface area contributed by atoms with E-state index in [0.717, 1.165) is 31.7 Å². The zero-order valence-corrected chi connectivity index (χ0v) is 15.9. The summed E-state index contributed by atoms with van der Waals surface area (Å²) in [6.45, 7) is 0.00697. The molecule has 9 nitrogen and oxygen atoms in total. The molecule has 1 amide bonds. The second-order valence-corrected chi connectivity index (χ2v) is 6.86. The third kappa shape index (κ3) is 5.30. The van der Waals surface area contributed by atoms with Crippen LogP contribution in [0.1, 0.15) is 36.0 Å². The van der Waals surface area contributed by atoms with Crippen molar-refractivity contribution in [2.24, 2.45) is 11.5 Å². The molecule has 7 N–H and O–H groups in total. The van der Waals surface area contributed by atoms with E-state index in [4.69, 9.17) is 21.3 Å². The van der Waals surface area contributed by atoms with E-state index in [9.17, 15) is 9.18 Å². The highest BCUT2D eigenvalue weighted by atomic mass is 19.1. The van der Waals surface area contributed by atoms with Crippen molar-refractivity contribution in [1.29, 1.82) is 0 Å². The fourth-order valence-electron chi connectivity index (χ4n) is 3.21. The molecule has 0 aliphatic heterocycles. The van der Waals surface area contributed by atoms with E-state index in [1.165, 1.54) is 6.20 Å². The first-order valence-corrected chi connectivity index (χ1v) is 9.47. The van der Waals surface area contributed by atoms with E-state index in [1.807, 2.05) is 0 Å². The van der Waals surface area contributed by atoms with Gasteiger partial charge in [-0.3, -0.25) is 4.79 Å². The number of aliphatic hydroxyl groups excluding tert-OH is 1. The molecule has 1 fully saturated rings. The number of nitrogens with zero attached hydrogens (tertiary/aromatic N) is 2. The van der Waals surface area contributed by atoms with Crippen LogP contribution in [0.3, 0.4) is 0 Å². The summed E-state index contributed by atoms with van der Waals surface area (Å²) in [5.41, 5.74) is 11.9. The van der Waals surface area contributed by atoms with Gasteiger partial charge < -0.3 is 31.9 Å². The Bertz CT molecular complexity index is 849. The number of aliphatic hydroxyl groups is 1. The Balaban J connectivity index is 1.83. The van der Waals surface area contributed by atoms with E-state index in [0.29, 0.717) is 11.6 Å². The van der Waals surface area contributed by atoms with Gasteiger partial charge in [-0.25, -0.2) is 14.4 Å². The van der Waals surface area contributed by atoms with Crippen molar-refractivity contribution < 1.29 is 19.0 Å². The quantitative estimate of drug-likeness (QED) is 0.445. The number of pyridine rings is 2.